The molecule has 0 amide bonds. The average Bonchev–Trinajstić information content (AvgIpc) is 2.50. The van der Waals surface area contributed by atoms with Crippen LogP contribution in [0.1, 0.15) is 49.0 Å². The smallest absolute Gasteiger partial charge is 0.338 e. The summed E-state index contributed by atoms with van der Waals surface area (Å²) in [4.78, 5) is 11.4. The zero-order chi connectivity index (χ0) is 17.4. The molecule has 0 atom stereocenters. The lowest BCUT2D eigenvalue weighted by atomic mass is 9.93. The summed E-state index contributed by atoms with van der Waals surface area (Å²) in [7, 11) is 2.69. The van der Waals surface area contributed by atoms with Crippen LogP contribution in [0.15, 0.2) is 18.7 Å². The van der Waals surface area contributed by atoms with Crippen molar-refractivity contribution in [3.8, 4) is 11.5 Å². The highest BCUT2D eigenvalue weighted by Gasteiger charge is 2.17. The van der Waals surface area contributed by atoms with Gasteiger partial charge >= 0.3 is 5.97 Å². The summed E-state index contributed by atoms with van der Waals surface area (Å²) in [5.74, 6) is -0.323. The third kappa shape index (κ3) is 5.28. The van der Waals surface area contributed by atoms with E-state index in [1.165, 1.54) is 51.7 Å². The highest BCUT2D eigenvalue weighted by atomic mass is 16.5. The number of aromatic hydroxyl groups is 1. The minimum absolute atomic E-state index is 0.0416. The van der Waals surface area contributed by atoms with Gasteiger partial charge in [0.1, 0.15) is 0 Å². The van der Waals surface area contributed by atoms with E-state index >= 15 is 0 Å². The fraction of sp³-hybridized carbons (Fsp3) is 0.500. The molecule has 5 heteroatoms. The van der Waals surface area contributed by atoms with Crippen LogP contribution in [-0.4, -0.2) is 37.4 Å². The molecule has 0 aliphatic heterocycles. The first-order chi connectivity index (χ1) is 10.9. The number of phenolic OH excluding ortho intramolecular Hbond substituents is 1. The maximum absolute atomic E-state index is 11.4. The predicted octanol–water partition coefficient (Wildman–Crippen LogP) is 3.37. The Morgan fingerprint density at radius 2 is 2.04 bits per heavy atom. The summed E-state index contributed by atoms with van der Waals surface area (Å²) in [6.45, 7) is 7.97. The summed E-state index contributed by atoms with van der Waals surface area (Å²) in [6, 6.07) is 4.37. The molecule has 2 N–H and O–H groups in total. The van der Waals surface area contributed by atoms with Crippen LogP contribution in [0.5, 0.6) is 11.5 Å². The molecule has 2 rings (SSSR count). The highest BCUT2D eigenvalue weighted by Crippen LogP contribution is 2.33. The lowest BCUT2D eigenvalue weighted by molar-refractivity contribution is 0.0600. The largest absolute Gasteiger partial charge is 0.504 e. The number of benzene rings is 1. The molecule has 0 spiro atoms. The average molecular weight is 321 g/mol. The van der Waals surface area contributed by atoms with E-state index in [-0.39, 0.29) is 11.5 Å². The summed E-state index contributed by atoms with van der Waals surface area (Å²) >= 11 is 0. The van der Waals surface area contributed by atoms with Crippen LogP contribution in [0.3, 0.4) is 0 Å². The van der Waals surface area contributed by atoms with E-state index < -0.39 is 5.97 Å². The number of carbonyl (C=O) groups is 1. The Balaban J connectivity index is 0.000000277. The van der Waals surface area contributed by atoms with Crippen LogP contribution in [0.4, 0.5) is 0 Å². The van der Waals surface area contributed by atoms with Gasteiger partial charge in [-0.2, -0.15) is 0 Å². The Labute approximate surface area is 138 Å². The molecule has 128 valence electrons. The number of hydrogen-bond acceptors (Lipinski definition) is 5. The van der Waals surface area contributed by atoms with Crippen molar-refractivity contribution in [2.75, 3.05) is 14.2 Å². The number of esters is 1. The fourth-order valence-corrected chi connectivity index (χ4v) is 2.34. The normalized spacial score (nSPS) is 13.6. The van der Waals surface area contributed by atoms with Crippen molar-refractivity contribution in [2.24, 2.45) is 0 Å². The zero-order valence-electron chi connectivity index (χ0n) is 14.4. The van der Waals surface area contributed by atoms with E-state index in [4.69, 9.17) is 4.74 Å². The summed E-state index contributed by atoms with van der Waals surface area (Å²) in [5.41, 5.74) is 0.728. The minimum atomic E-state index is -0.497. The van der Waals surface area contributed by atoms with Gasteiger partial charge in [0, 0.05) is 17.6 Å². The van der Waals surface area contributed by atoms with Gasteiger partial charge in [0.25, 0.3) is 0 Å². The molecule has 23 heavy (non-hydrogen) atoms. The van der Waals surface area contributed by atoms with E-state index in [1.807, 2.05) is 0 Å². The Hall–Kier alpha value is -2.01. The van der Waals surface area contributed by atoms with Gasteiger partial charge in [0.2, 0.25) is 0 Å². The van der Waals surface area contributed by atoms with Crippen LogP contribution in [0, 0.1) is 0 Å². The molecule has 1 aromatic carbocycles. The maximum atomic E-state index is 11.4. The second-order valence-corrected chi connectivity index (χ2v) is 5.72. The number of methoxy groups -OCH3 is 2. The molecule has 0 bridgehead atoms. The molecule has 1 aliphatic carbocycles. The number of phenols is 1. The third-order valence-electron chi connectivity index (χ3n) is 3.66. The van der Waals surface area contributed by atoms with E-state index in [0.717, 1.165) is 6.04 Å². The number of hydrogen-bond donors (Lipinski definition) is 2. The van der Waals surface area contributed by atoms with Crippen molar-refractivity contribution in [1.29, 1.82) is 0 Å². The molecule has 0 radical (unpaired) electrons. The quantitative estimate of drug-likeness (QED) is 0.814. The van der Waals surface area contributed by atoms with Gasteiger partial charge in [-0.05, 0) is 25.0 Å². The van der Waals surface area contributed by atoms with E-state index in [0.29, 0.717) is 17.2 Å². The Kier molecular flexibility index (Phi) is 7.62. The van der Waals surface area contributed by atoms with Crippen LogP contribution in [0.25, 0.3) is 6.08 Å². The molecule has 1 aliphatic rings. The minimum Gasteiger partial charge on any atom is -0.504 e. The van der Waals surface area contributed by atoms with Gasteiger partial charge in [0.05, 0.1) is 19.8 Å². The van der Waals surface area contributed by atoms with Gasteiger partial charge in [-0.1, -0.05) is 32.9 Å². The predicted molar refractivity (Wildman–Crippen MR) is 92.0 cm³/mol. The maximum Gasteiger partial charge on any atom is 0.338 e. The molecular weight excluding hydrogens is 294 g/mol. The topological polar surface area (TPSA) is 67.8 Å². The monoisotopic (exact) mass is 321 g/mol. The molecule has 0 unspecified atom stereocenters. The van der Waals surface area contributed by atoms with Gasteiger partial charge in [0.15, 0.2) is 11.5 Å². The zero-order valence-corrected chi connectivity index (χ0v) is 14.4. The Morgan fingerprint density at radius 1 is 1.39 bits per heavy atom. The second-order valence-electron chi connectivity index (χ2n) is 5.72. The SMILES string of the molecule is C=Cc1c(C(=O)OC)ccc(O)c1OC.CC(C)NC1CCC1. The lowest BCUT2D eigenvalue weighted by Gasteiger charge is -2.28. The molecule has 1 fully saturated rings. The summed E-state index contributed by atoms with van der Waals surface area (Å²) in [5, 5.41) is 13.0. The second kappa shape index (κ2) is 9.20. The molecule has 1 saturated carbocycles. The molecular formula is C18H27NO4. The van der Waals surface area contributed by atoms with E-state index in [1.54, 1.807) is 0 Å². The number of rotatable bonds is 5. The number of carbonyl (C=O) groups excluding carboxylic acids is 1. The standard InChI is InChI=1S/C11H12O4.C7H15N/c1-4-7-8(11(13)15-3)5-6-9(12)10(7)14-2;1-6(2)8-7-4-3-5-7/h4-6,12H,1H2,2-3H3;6-8H,3-5H2,1-2H3. The van der Waals surface area contributed by atoms with Crippen LogP contribution < -0.4 is 10.1 Å². The molecule has 0 aromatic heterocycles. The molecule has 1 aromatic rings. The highest BCUT2D eigenvalue weighted by molar-refractivity contribution is 5.95. The van der Waals surface area contributed by atoms with Crippen molar-refractivity contribution in [3.63, 3.8) is 0 Å². The Morgan fingerprint density at radius 3 is 2.39 bits per heavy atom. The summed E-state index contributed by atoms with van der Waals surface area (Å²) in [6.07, 6.45) is 5.67. The molecule has 5 nitrogen and oxygen atoms in total. The van der Waals surface area contributed by atoms with Gasteiger partial charge in [-0.15, -0.1) is 0 Å². The van der Waals surface area contributed by atoms with Crippen LogP contribution in [-0.2, 0) is 4.74 Å². The molecule has 0 heterocycles. The number of nitrogens with one attached hydrogen (secondary N) is 1. The van der Waals surface area contributed by atoms with Gasteiger partial charge < -0.3 is 19.9 Å². The van der Waals surface area contributed by atoms with Crippen molar-refractivity contribution < 1.29 is 19.4 Å². The van der Waals surface area contributed by atoms with E-state index in [9.17, 15) is 9.90 Å². The summed E-state index contributed by atoms with van der Waals surface area (Å²) < 4.78 is 9.57. The van der Waals surface area contributed by atoms with Crippen molar-refractivity contribution >= 4 is 12.0 Å². The van der Waals surface area contributed by atoms with Gasteiger partial charge in [-0.25, -0.2) is 4.79 Å². The van der Waals surface area contributed by atoms with Crippen molar-refractivity contribution in [1.82, 2.24) is 5.32 Å². The number of ether oxygens (including phenoxy) is 2. The third-order valence-corrected chi connectivity index (χ3v) is 3.66. The van der Waals surface area contributed by atoms with Crippen LogP contribution >= 0.6 is 0 Å². The Bertz CT molecular complexity index is 536. The van der Waals surface area contributed by atoms with Gasteiger partial charge in [-0.3, -0.25) is 0 Å². The molecule has 0 saturated heterocycles. The van der Waals surface area contributed by atoms with Crippen LogP contribution in [0.2, 0.25) is 0 Å². The lowest BCUT2D eigenvalue weighted by Crippen LogP contribution is -2.39. The van der Waals surface area contributed by atoms with Crippen molar-refractivity contribution in [2.45, 2.75) is 45.2 Å². The first kappa shape index (κ1) is 19.0. The fourth-order valence-electron chi connectivity index (χ4n) is 2.34. The van der Waals surface area contributed by atoms with Crippen molar-refractivity contribution in [3.05, 3.63) is 29.8 Å². The van der Waals surface area contributed by atoms with E-state index in [2.05, 4.69) is 30.5 Å². The first-order valence-corrected chi connectivity index (χ1v) is 7.81. The first-order valence-electron chi connectivity index (χ1n) is 7.81.